The Morgan fingerprint density at radius 2 is 2.00 bits per heavy atom. The summed E-state index contributed by atoms with van der Waals surface area (Å²) in [5, 5.41) is 0. The zero-order chi connectivity index (χ0) is 12.7. The van der Waals surface area contributed by atoms with Crippen molar-refractivity contribution in [1.29, 1.82) is 0 Å². The maximum Gasteiger partial charge on any atom is 0.277 e. The third-order valence-electron chi connectivity index (χ3n) is 2.01. The van der Waals surface area contributed by atoms with Gasteiger partial charge in [-0.1, -0.05) is 34.1 Å². The van der Waals surface area contributed by atoms with Crippen molar-refractivity contribution < 1.29 is 13.2 Å². The van der Waals surface area contributed by atoms with Crippen molar-refractivity contribution >= 4 is 26.1 Å². The molecule has 0 unspecified atom stereocenters. The predicted molar refractivity (Wildman–Crippen MR) is 69.8 cm³/mol. The summed E-state index contributed by atoms with van der Waals surface area (Å²) in [4.78, 5) is 0. The van der Waals surface area contributed by atoms with Crippen molar-refractivity contribution in [1.82, 2.24) is 9.44 Å². The summed E-state index contributed by atoms with van der Waals surface area (Å²) in [5.74, 6) is 0. The molecular formula is C10H15BrN2O3S. The van der Waals surface area contributed by atoms with Crippen LogP contribution in [0.15, 0.2) is 28.7 Å². The average molecular weight is 323 g/mol. The first-order valence-corrected chi connectivity index (χ1v) is 7.29. The zero-order valence-electron chi connectivity index (χ0n) is 9.44. The molecule has 2 N–H and O–H groups in total. The SMILES string of the molecule is COCCNS(=O)(=O)NCc1ccccc1Br. The van der Waals surface area contributed by atoms with Gasteiger partial charge >= 0.3 is 0 Å². The number of rotatable bonds is 7. The van der Waals surface area contributed by atoms with E-state index in [0.29, 0.717) is 6.61 Å². The highest BCUT2D eigenvalue weighted by molar-refractivity contribution is 9.10. The number of nitrogens with one attached hydrogen (secondary N) is 2. The summed E-state index contributed by atoms with van der Waals surface area (Å²) in [6.07, 6.45) is 0. The van der Waals surface area contributed by atoms with E-state index in [4.69, 9.17) is 4.74 Å². The molecule has 0 aliphatic heterocycles. The maximum atomic E-state index is 11.5. The Kier molecular flexibility index (Phi) is 6.07. The molecule has 0 atom stereocenters. The molecule has 0 bridgehead atoms. The molecule has 0 fully saturated rings. The minimum Gasteiger partial charge on any atom is -0.383 e. The lowest BCUT2D eigenvalue weighted by molar-refractivity contribution is 0.204. The minimum atomic E-state index is -3.47. The van der Waals surface area contributed by atoms with E-state index in [-0.39, 0.29) is 13.1 Å². The van der Waals surface area contributed by atoms with Gasteiger partial charge in [-0.2, -0.15) is 17.9 Å². The fourth-order valence-electron chi connectivity index (χ4n) is 1.14. The fourth-order valence-corrected chi connectivity index (χ4v) is 2.37. The van der Waals surface area contributed by atoms with Gasteiger partial charge in [-0.3, -0.25) is 0 Å². The molecule has 0 heterocycles. The molecule has 1 rings (SSSR count). The molecule has 5 nitrogen and oxygen atoms in total. The maximum absolute atomic E-state index is 11.5. The monoisotopic (exact) mass is 322 g/mol. The van der Waals surface area contributed by atoms with Gasteiger partial charge in [-0.25, -0.2) is 0 Å². The van der Waals surface area contributed by atoms with E-state index in [1.54, 1.807) is 0 Å². The fraction of sp³-hybridized carbons (Fsp3) is 0.400. The Hall–Kier alpha value is -0.470. The molecule has 17 heavy (non-hydrogen) atoms. The lowest BCUT2D eigenvalue weighted by atomic mass is 10.2. The largest absolute Gasteiger partial charge is 0.383 e. The van der Waals surface area contributed by atoms with Crippen LogP contribution in [0.4, 0.5) is 0 Å². The molecular weight excluding hydrogens is 308 g/mol. The van der Waals surface area contributed by atoms with Gasteiger partial charge in [-0.05, 0) is 11.6 Å². The van der Waals surface area contributed by atoms with Crippen LogP contribution >= 0.6 is 15.9 Å². The first-order valence-electron chi connectivity index (χ1n) is 5.02. The summed E-state index contributed by atoms with van der Waals surface area (Å²) in [5.41, 5.74) is 0.879. The summed E-state index contributed by atoms with van der Waals surface area (Å²) in [6, 6.07) is 7.44. The van der Waals surface area contributed by atoms with Crippen molar-refractivity contribution in [3.05, 3.63) is 34.3 Å². The number of methoxy groups -OCH3 is 1. The molecule has 1 aromatic carbocycles. The molecule has 0 saturated heterocycles. The second-order valence-corrected chi connectivity index (χ2v) is 5.74. The third kappa shape index (κ3) is 5.60. The van der Waals surface area contributed by atoms with E-state index in [9.17, 15) is 8.42 Å². The minimum absolute atomic E-state index is 0.240. The van der Waals surface area contributed by atoms with Gasteiger partial charge in [-0.15, -0.1) is 0 Å². The molecule has 0 aliphatic rings. The van der Waals surface area contributed by atoms with Gasteiger partial charge in [0.05, 0.1) is 6.61 Å². The highest BCUT2D eigenvalue weighted by Gasteiger charge is 2.09. The predicted octanol–water partition coefficient (Wildman–Crippen LogP) is 1.02. The second kappa shape index (κ2) is 7.07. The van der Waals surface area contributed by atoms with Crippen LogP contribution in [0.5, 0.6) is 0 Å². The van der Waals surface area contributed by atoms with Crippen LogP contribution in [-0.2, 0) is 21.5 Å². The highest BCUT2D eigenvalue weighted by Crippen LogP contribution is 2.15. The Balaban J connectivity index is 2.47. The van der Waals surface area contributed by atoms with Crippen LogP contribution in [0.1, 0.15) is 5.56 Å². The van der Waals surface area contributed by atoms with E-state index in [1.807, 2.05) is 24.3 Å². The lowest BCUT2D eigenvalue weighted by Crippen LogP contribution is -2.37. The lowest BCUT2D eigenvalue weighted by Gasteiger charge is -2.08. The Bertz CT molecular complexity index is 451. The zero-order valence-corrected chi connectivity index (χ0v) is 11.8. The summed E-state index contributed by atoms with van der Waals surface area (Å²) in [7, 11) is -1.95. The van der Waals surface area contributed by atoms with E-state index in [2.05, 4.69) is 25.4 Å². The molecule has 0 spiro atoms. The first-order chi connectivity index (χ1) is 8.05. The van der Waals surface area contributed by atoms with Crippen molar-refractivity contribution in [3.8, 4) is 0 Å². The quantitative estimate of drug-likeness (QED) is 0.736. The smallest absolute Gasteiger partial charge is 0.277 e. The second-order valence-electron chi connectivity index (χ2n) is 3.30. The van der Waals surface area contributed by atoms with Gasteiger partial charge in [0.15, 0.2) is 0 Å². The van der Waals surface area contributed by atoms with Crippen LogP contribution in [0, 0.1) is 0 Å². The molecule has 0 saturated carbocycles. The van der Waals surface area contributed by atoms with E-state index in [0.717, 1.165) is 10.0 Å². The van der Waals surface area contributed by atoms with Crippen LogP contribution in [0.3, 0.4) is 0 Å². The molecule has 0 aliphatic carbocycles. The standard InChI is InChI=1S/C10H15BrN2O3S/c1-16-7-6-12-17(14,15)13-8-9-4-2-3-5-10(9)11/h2-5,12-13H,6-8H2,1H3. The Morgan fingerprint density at radius 1 is 1.29 bits per heavy atom. The Labute approximate surface area is 110 Å². The number of hydrogen-bond acceptors (Lipinski definition) is 3. The van der Waals surface area contributed by atoms with Gasteiger partial charge in [0.2, 0.25) is 0 Å². The summed E-state index contributed by atoms with van der Waals surface area (Å²) in [6.45, 7) is 0.835. The van der Waals surface area contributed by atoms with E-state index >= 15 is 0 Å². The molecule has 7 heteroatoms. The van der Waals surface area contributed by atoms with Crippen LogP contribution in [0.25, 0.3) is 0 Å². The van der Waals surface area contributed by atoms with Crippen molar-refractivity contribution in [3.63, 3.8) is 0 Å². The topological polar surface area (TPSA) is 67.4 Å². The molecule has 0 radical (unpaired) electrons. The van der Waals surface area contributed by atoms with Crippen molar-refractivity contribution in [2.45, 2.75) is 6.54 Å². The molecule has 96 valence electrons. The summed E-state index contributed by atoms with van der Waals surface area (Å²) < 4.78 is 33.4. The molecule has 1 aromatic rings. The number of benzene rings is 1. The Morgan fingerprint density at radius 3 is 2.65 bits per heavy atom. The number of halogens is 1. The van der Waals surface area contributed by atoms with E-state index in [1.165, 1.54) is 7.11 Å². The normalized spacial score (nSPS) is 11.6. The van der Waals surface area contributed by atoms with Crippen molar-refractivity contribution in [2.24, 2.45) is 0 Å². The van der Waals surface area contributed by atoms with Gasteiger partial charge in [0.1, 0.15) is 0 Å². The van der Waals surface area contributed by atoms with Crippen LogP contribution < -0.4 is 9.44 Å². The number of hydrogen-bond donors (Lipinski definition) is 2. The summed E-state index contributed by atoms with van der Waals surface area (Å²) >= 11 is 3.35. The highest BCUT2D eigenvalue weighted by atomic mass is 79.9. The van der Waals surface area contributed by atoms with Crippen LogP contribution in [0.2, 0.25) is 0 Å². The molecule has 0 aromatic heterocycles. The van der Waals surface area contributed by atoms with Gasteiger partial charge in [0, 0.05) is 24.7 Å². The third-order valence-corrected chi connectivity index (χ3v) is 3.89. The van der Waals surface area contributed by atoms with E-state index < -0.39 is 10.2 Å². The van der Waals surface area contributed by atoms with Gasteiger partial charge < -0.3 is 4.74 Å². The van der Waals surface area contributed by atoms with Gasteiger partial charge in [0.25, 0.3) is 10.2 Å². The number of ether oxygens (including phenoxy) is 1. The van der Waals surface area contributed by atoms with Crippen molar-refractivity contribution in [2.75, 3.05) is 20.3 Å². The average Bonchev–Trinajstić information content (AvgIpc) is 2.28. The first kappa shape index (κ1) is 14.6. The van der Waals surface area contributed by atoms with Crippen LogP contribution in [-0.4, -0.2) is 28.7 Å². The molecule has 0 amide bonds.